The van der Waals surface area contributed by atoms with Crippen molar-refractivity contribution in [2.75, 3.05) is 13.6 Å². The second-order valence-electron chi connectivity index (χ2n) is 7.55. The number of aryl methyl sites for hydroxylation is 2. The molecule has 2 aromatic carbocycles. The average molecular weight is 446 g/mol. The number of rotatable bonds is 8. The zero-order chi connectivity index (χ0) is 23.5. The van der Waals surface area contributed by atoms with Crippen molar-refractivity contribution in [2.45, 2.75) is 46.1 Å². The Hall–Kier alpha value is -2.84. The molecule has 8 heteroatoms. The minimum atomic E-state index is -3.92. The summed E-state index contributed by atoms with van der Waals surface area (Å²) >= 11 is 0. The number of esters is 1. The van der Waals surface area contributed by atoms with Crippen molar-refractivity contribution in [3.8, 4) is 0 Å². The maximum atomic E-state index is 12.7. The van der Waals surface area contributed by atoms with Gasteiger partial charge in [0.15, 0.2) is 11.6 Å². The van der Waals surface area contributed by atoms with E-state index in [1.165, 1.54) is 45.2 Å². The van der Waals surface area contributed by atoms with Gasteiger partial charge in [-0.1, -0.05) is 18.2 Å². The number of hydrogen-bond acceptors (Lipinski definition) is 6. The average Bonchev–Trinajstić information content (AvgIpc) is 2.67. The summed E-state index contributed by atoms with van der Waals surface area (Å²) in [6.07, 6.45) is 0. The van der Waals surface area contributed by atoms with E-state index in [0.29, 0.717) is 11.1 Å². The van der Waals surface area contributed by atoms with Crippen LogP contribution < -0.4 is 0 Å². The molecule has 0 aliphatic rings. The first-order valence-electron chi connectivity index (χ1n) is 9.69. The van der Waals surface area contributed by atoms with Gasteiger partial charge in [-0.2, -0.15) is 4.31 Å². The van der Waals surface area contributed by atoms with Crippen molar-refractivity contribution in [1.29, 1.82) is 0 Å². The minimum absolute atomic E-state index is 0.0240. The van der Waals surface area contributed by atoms with Crippen molar-refractivity contribution >= 4 is 27.6 Å². The Morgan fingerprint density at radius 1 is 0.935 bits per heavy atom. The number of sulfonamides is 1. The van der Waals surface area contributed by atoms with Gasteiger partial charge in [-0.15, -0.1) is 0 Å². The third kappa shape index (κ3) is 5.45. The summed E-state index contributed by atoms with van der Waals surface area (Å²) in [5.41, 5.74) is 4.23. The van der Waals surface area contributed by atoms with Gasteiger partial charge in [0.2, 0.25) is 10.0 Å². The molecule has 0 N–H and O–H groups in total. The molecule has 0 bridgehead atoms. The first-order valence-corrected chi connectivity index (χ1v) is 11.1. The van der Waals surface area contributed by atoms with E-state index in [2.05, 4.69) is 0 Å². The fraction of sp³-hybridized carbons (Fsp3) is 0.348. The van der Waals surface area contributed by atoms with Crippen LogP contribution >= 0.6 is 0 Å². The van der Waals surface area contributed by atoms with Crippen LogP contribution in [0.3, 0.4) is 0 Å². The van der Waals surface area contributed by atoms with Crippen molar-refractivity contribution in [1.82, 2.24) is 4.31 Å². The highest BCUT2D eigenvalue weighted by Crippen LogP contribution is 2.24. The zero-order valence-electron chi connectivity index (χ0n) is 18.6. The van der Waals surface area contributed by atoms with Gasteiger partial charge >= 0.3 is 5.97 Å². The monoisotopic (exact) mass is 445 g/mol. The maximum absolute atomic E-state index is 12.7. The van der Waals surface area contributed by atoms with E-state index >= 15 is 0 Å². The van der Waals surface area contributed by atoms with Crippen LogP contribution in [0.1, 0.15) is 56.8 Å². The molecule has 0 amide bonds. The topological polar surface area (TPSA) is 97.8 Å². The fourth-order valence-corrected chi connectivity index (χ4v) is 4.61. The summed E-state index contributed by atoms with van der Waals surface area (Å²) in [6.45, 7) is 7.88. The maximum Gasteiger partial charge on any atom is 0.321 e. The Bertz CT molecular complexity index is 1130. The number of benzene rings is 2. The number of carbonyl (C=O) groups excluding carboxylic acids is 3. The van der Waals surface area contributed by atoms with Crippen molar-refractivity contribution in [2.24, 2.45) is 0 Å². The summed E-state index contributed by atoms with van der Waals surface area (Å²) in [5, 5.41) is 0. The van der Waals surface area contributed by atoms with Crippen LogP contribution in [0.5, 0.6) is 0 Å². The quantitative estimate of drug-likeness (QED) is 0.456. The van der Waals surface area contributed by atoms with E-state index in [-0.39, 0.29) is 23.1 Å². The Labute approximate surface area is 183 Å². The molecule has 2 aromatic rings. The van der Waals surface area contributed by atoms with Gasteiger partial charge in [-0.3, -0.25) is 14.4 Å². The molecular weight excluding hydrogens is 418 g/mol. The number of likely N-dealkylation sites (N-methyl/N-ethyl adjacent to an activating group) is 1. The summed E-state index contributed by atoms with van der Waals surface area (Å²) in [6, 6.07) is 7.38. The Morgan fingerprint density at radius 2 is 1.52 bits per heavy atom. The van der Waals surface area contributed by atoms with Crippen LogP contribution in [0.4, 0.5) is 0 Å². The summed E-state index contributed by atoms with van der Waals surface area (Å²) in [5.74, 6) is -0.949. The van der Waals surface area contributed by atoms with Gasteiger partial charge in [0.1, 0.15) is 13.2 Å². The number of hydrogen-bond donors (Lipinski definition) is 0. The van der Waals surface area contributed by atoms with Crippen LogP contribution in [0.15, 0.2) is 35.2 Å². The van der Waals surface area contributed by atoms with Gasteiger partial charge in [0, 0.05) is 18.2 Å². The Kier molecular flexibility index (Phi) is 7.51. The molecule has 0 aliphatic carbocycles. The Morgan fingerprint density at radius 3 is 2.03 bits per heavy atom. The van der Waals surface area contributed by atoms with Crippen LogP contribution in [0.25, 0.3) is 0 Å². The van der Waals surface area contributed by atoms with Crippen LogP contribution in [-0.2, 0) is 26.2 Å². The molecule has 0 aliphatic heterocycles. The molecule has 0 heterocycles. The number of carbonyl (C=O) groups is 3. The highest BCUT2D eigenvalue weighted by atomic mass is 32.2. The predicted octanol–water partition coefficient (Wildman–Crippen LogP) is 3.38. The molecular formula is C23H27NO6S. The van der Waals surface area contributed by atoms with E-state index < -0.39 is 22.5 Å². The molecule has 0 saturated carbocycles. The summed E-state index contributed by atoms with van der Waals surface area (Å²) in [7, 11) is -2.64. The molecule has 166 valence electrons. The van der Waals surface area contributed by atoms with E-state index in [9.17, 15) is 22.8 Å². The van der Waals surface area contributed by atoms with E-state index in [1.54, 1.807) is 6.92 Å². The number of ketones is 2. The van der Waals surface area contributed by atoms with Gasteiger partial charge in [-0.05, 0) is 69.0 Å². The molecule has 0 aromatic heterocycles. The lowest BCUT2D eigenvalue weighted by Gasteiger charge is -2.18. The van der Waals surface area contributed by atoms with Crippen molar-refractivity contribution < 1.29 is 27.5 Å². The molecule has 0 radical (unpaired) electrons. The molecule has 0 saturated heterocycles. The molecule has 0 spiro atoms. The van der Waals surface area contributed by atoms with Crippen LogP contribution in [0.2, 0.25) is 0 Å². The normalized spacial score (nSPS) is 11.5. The highest BCUT2D eigenvalue weighted by molar-refractivity contribution is 7.89. The highest BCUT2D eigenvalue weighted by Gasteiger charge is 2.24. The van der Waals surface area contributed by atoms with Gasteiger partial charge < -0.3 is 4.74 Å². The molecule has 7 nitrogen and oxygen atoms in total. The SMILES string of the molecule is CC(=O)c1ccc(S(=O)(=O)N(C)CC(=O)OCc2c(C)cc(C)c(C(C)=O)c2C)cc1. The largest absolute Gasteiger partial charge is 0.460 e. The molecule has 2 rings (SSSR count). The van der Waals surface area contributed by atoms with Gasteiger partial charge in [0.25, 0.3) is 0 Å². The second kappa shape index (κ2) is 9.53. The summed E-state index contributed by atoms with van der Waals surface area (Å²) < 4.78 is 31.6. The zero-order valence-corrected chi connectivity index (χ0v) is 19.4. The lowest BCUT2D eigenvalue weighted by Crippen LogP contribution is -2.33. The van der Waals surface area contributed by atoms with Crippen molar-refractivity contribution in [3.63, 3.8) is 0 Å². The smallest absolute Gasteiger partial charge is 0.321 e. The molecule has 0 unspecified atom stereocenters. The van der Waals surface area contributed by atoms with Gasteiger partial charge in [0.05, 0.1) is 4.90 Å². The summed E-state index contributed by atoms with van der Waals surface area (Å²) in [4.78, 5) is 35.6. The standard InChI is InChI=1S/C23H27NO6S/c1-14-11-15(2)23(18(5)26)16(3)21(14)13-30-22(27)12-24(6)31(28,29)20-9-7-19(8-10-20)17(4)25/h7-11H,12-13H2,1-6H3. The fourth-order valence-electron chi connectivity index (χ4n) is 3.50. The van der Waals surface area contributed by atoms with E-state index in [4.69, 9.17) is 4.74 Å². The minimum Gasteiger partial charge on any atom is -0.460 e. The number of ether oxygens (including phenoxy) is 1. The lowest BCUT2D eigenvalue weighted by molar-refractivity contribution is -0.144. The van der Waals surface area contributed by atoms with Crippen LogP contribution in [0, 0.1) is 20.8 Å². The second-order valence-corrected chi connectivity index (χ2v) is 9.59. The predicted molar refractivity (Wildman–Crippen MR) is 117 cm³/mol. The van der Waals surface area contributed by atoms with E-state index in [1.807, 2.05) is 19.9 Å². The van der Waals surface area contributed by atoms with Gasteiger partial charge in [-0.25, -0.2) is 8.42 Å². The first kappa shape index (κ1) is 24.4. The lowest BCUT2D eigenvalue weighted by atomic mass is 9.92. The third-order valence-corrected chi connectivity index (χ3v) is 7.00. The van der Waals surface area contributed by atoms with E-state index in [0.717, 1.165) is 26.6 Å². The number of Topliss-reactive ketones (excluding diaryl/α,β-unsaturated/α-hetero) is 2. The Balaban J connectivity index is 2.11. The van der Waals surface area contributed by atoms with Crippen LogP contribution in [-0.4, -0.2) is 43.9 Å². The number of nitrogens with zero attached hydrogens (tertiary/aromatic N) is 1. The first-order chi connectivity index (χ1) is 14.4. The molecule has 0 atom stereocenters. The third-order valence-electron chi connectivity index (χ3n) is 5.18. The molecule has 31 heavy (non-hydrogen) atoms. The van der Waals surface area contributed by atoms with Crippen molar-refractivity contribution in [3.05, 3.63) is 63.7 Å². The molecule has 0 fully saturated rings.